The third-order valence-corrected chi connectivity index (χ3v) is 8.13. The monoisotopic (exact) mass is 452 g/mol. The Bertz CT molecular complexity index is 1230. The van der Waals surface area contributed by atoms with Gasteiger partial charge in [-0.15, -0.1) is 0 Å². The Balaban J connectivity index is 1.71. The Hall–Kier alpha value is -3.06. The van der Waals surface area contributed by atoms with Crippen molar-refractivity contribution in [1.29, 1.82) is 0 Å². The van der Waals surface area contributed by atoms with Gasteiger partial charge in [0.25, 0.3) is 0 Å². The quantitative estimate of drug-likeness (QED) is 0.482. The van der Waals surface area contributed by atoms with Crippen molar-refractivity contribution in [3.05, 3.63) is 83.4 Å². The molecule has 0 saturated heterocycles. The Labute approximate surface area is 189 Å². The molecular formula is C25H28N2O4S. The van der Waals surface area contributed by atoms with Crippen LogP contribution in [-0.2, 0) is 21.0 Å². The molecule has 2 aromatic carbocycles. The number of hydrogen-bond acceptors (Lipinski definition) is 6. The summed E-state index contributed by atoms with van der Waals surface area (Å²) in [6.45, 7) is 7.31. The summed E-state index contributed by atoms with van der Waals surface area (Å²) in [5.41, 5.74) is 5.75. The molecule has 168 valence electrons. The van der Waals surface area contributed by atoms with Crippen LogP contribution in [0.2, 0.25) is 0 Å². The molecule has 0 saturated carbocycles. The summed E-state index contributed by atoms with van der Waals surface area (Å²) in [7, 11) is -3.16. The van der Waals surface area contributed by atoms with Gasteiger partial charge in [-0.3, -0.25) is 4.90 Å². The molecule has 1 aliphatic rings. The zero-order valence-electron chi connectivity index (χ0n) is 18.8. The number of nitrogens with zero attached hydrogens (tertiary/aromatic N) is 2. The first-order valence-corrected chi connectivity index (χ1v) is 12.4. The summed E-state index contributed by atoms with van der Waals surface area (Å²) < 4.78 is 36.4. The SMILES string of the molecule is Cc1noc(N2C=COC2c2ccc(-c3ccccc3)c(CCS(=O)(=O)C(C)C)c2)c1C. The fraction of sp³-hybridized carbons (Fsp3) is 0.320. The van der Waals surface area contributed by atoms with Crippen LogP contribution in [0.1, 0.15) is 42.5 Å². The number of anilines is 1. The van der Waals surface area contributed by atoms with Crippen molar-refractivity contribution < 1.29 is 17.7 Å². The predicted molar refractivity (Wildman–Crippen MR) is 126 cm³/mol. The molecule has 0 radical (unpaired) electrons. The smallest absolute Gasteiger partial charge is 0.237 e. The minimum absolute atomic E-state index is 0.0991. The Morgan fingerprint density at radius 1 is 1.09 bits per heavy atom. The summed E-state index contributed by atoms with van der Waals surface area (Å²) in [4.78, 5) is 1.90. The molecule has 3 aromatic rings. The van der Waals surface area contributed by atoms with E-state index in [1.165, 1.54) is 0 Å². The topological polar surface area (TPSA) is 72.6 Å². The second-order valence-electron chi connectivity index (χ2n) is 8.33. The highest BCUT2D eigenvalue weighted by molar-refractivity contribution is 7.91. The summed E-state index contributed by atoms with van der Waals surface area (Å²) >= 11 is 0. The van der Waals surface area contributed by atoms with Crippen LogP contribution in [0.25, 0.3) is 11.1 Å². The maximum atomic E-state index is 12.5. The van der Waals surface area contributed by atoms with E-state index >= 15 is 0 Å². The van der Waals surface area contributed by atoms with Crippen LogP contribution in [0.5, 0.6) is 0 Å². The van der Waals surface area contributed by atoms with Crippen LogP contribution < -0.4 is 4.90 Å². The summed E-state index contributed by atoms with van der Waals surface area (Å²) in [6.07, 6.45) is 3.48. The van der Waals surface area contributed by atoms with Crippen molar-refractivity contribution in [2.45, 2.75) is 45.6 Å². The van der Waals surface area contributed by atoms with Crippen molar-refractivity contribution in [3.63, 3.8) is 0 Å². The van der Waals surface area contributed by atoms with Crippen LogP contribution >= 0.6 is 0 Å². The maximum absolute atomic E-state index is 12.5. The number of sulfone groups is 1. The number of aryl methyl sites for hydroxylation is 2. The highest BCUT2D eigenvalue weighted by atomic mass is 32.2. The lowest BCUT2D eigenvalue weighted by molar-refractivity contribution is 0.169. The van der Waals surface area contributed by atoms with Crippen LogP contribution in [0.4, 0.5) is 5.88 Å². The molecule has 1 unspecified atom stereocenters. The molecule has 2 heterocycles. The van der Waals surface area contributed by atoms with E-state index < -0.39 is 21.3 Å². The summed E-state index contributed by atoms with van der Waals surface area (Å²) in [6, 6.07) is 16.1. The average Bonchev–Trinajstić information content (AvgIpc) is 3.39. The minimum atomic E-state index is -3.16. The normalized spacial score (nSPS) is 16.0. The van der Waals surface area contributed by atoms with E-state index in [0.29, 0.717) is 12.3 Å². The Kier molecular flexibility index (Phi) is 6.11. The van der Waals surface area contributed by atoms with E-state index in [9.17, 15) is 8.42 Å². The highest BCUT2D eigenvalue weighted by Gasteiger charge is 2.29. The van der Waals surface area contributed by atoms with Crippen molar-refractivity contribution in [1.82, 2.24) is 5.16 Å². The zero-order valence-corrected chi connectivity index (χ0v) is 19.6. The van der Waals surface area contributed by atoms with E-state index in [4.69, 9.17) is 9.26 Å². The molecule has 4 rings (SSSR count). The molecule has 7 heteroatoms. The van der Waals surface area contributed by atoms with Gasteiger partial charge in [0.05, 0.1) is 16.7 Å². The van der Waals surface area contributed by atoms with Gasteiger partial charge in [0.1, 0.15) is 6.26 Å². The molecule has 0 amide bonds. The number of ether oxygens (including phenoxy) is 1. The molecule has 6 nitrogen and oxygen atoms in total. The number of rotatable bonds is 7. The fourth-order valence-electron chi connectivity index (χ4n) is 3.74. The Morgan fingerprint density at radius 2 is 1.84 bits per heavy atom. The standard InChI is InChI=1S/C25H28N2O4S/c1-17(2)32(28,29)15-12-21-16-22(10-11-23(21)20-8-6-5-7-9-20)25-27(13-14-30-25)24-18(3)19(4)26-31-24/h5-11,13-14,16-17,25H,12,15H2,1-4H3. The van der Waals surface area contributed by atoms with E-state index in [2.05, 4.69) is 5.16 Å². The van der Waals surface area contributed by atoms with Gasteiger partial charge >= 0.3 is 0 Å². The number of aromatic nitrogens is 1. The third-order valence-electron chi connectivity index (χ3n) is 5.92. The fourth-order valence-corrected chi connectivity index (χ4v) is 4.71. The molecular weight excluding hydrogens is 424 g/mol. The first-order valence-electron chi connectivity index (χ1n) is 10.7. The predicted octanol–water partition coefficient (Wildman–Crippen LogP) is 5.33. The molecule has 1 atom stereocenters. The van der Waals surface area contributed by atoms with Gasteiger partial charge in [-0.05, 0) is 56.9 Å². The molecule has 0 aliphatic carbocycles. The van der Waals surface area contributed by atoms with Crippen molar-refractivity contribution >= 4 is 15.7 Å². The average molecular weight is 453 g/mol. The van der Waals surface area contributed by atoms with Crippen molar-refractivity contribution in [3.8, 4) is 11.1 Å². The number of benzene rings is 2. The van der Waals surface area contributed by atoms with Gasteiger partial charge in [0.2, 0.25) is 12.1 Å². The first-order chi connectivity index (χ1) is 15.3. The van der Waals surface area contributed by atoms with Crippen LogP contribution in [0.15, 0.2) is 65.5 Å². The van der Waals surface area contributed by atoms with E-state index in [1.807, 2.05) is 73.5 Å². The van der Waals surface area contributed by atoms with E-state index in [0.717, 1.165) is 33.5 Å². The highest BCUT2D eigenvalue weighted by Crippen LogP contribution is 2.37. The molecule has 1 aliphatic heterocycles. The van der Waals surface area contributed by atoms with E-state index in [-0.39, 0.29) is 5.75 Å². The van der Waals surface area contributed by atoms with Gasteiger partial charge in [0, 0.05) is 17.3 Å². The largest absolute Gasteiger partial charge is 0.472 e. The second-order valence-corrected chi connectivity index (χ2v) is 11.0. The molecule has 1 aromatic heterocycles. The van der Waals surface area contributed by atoms with Crippen molar-refractivity contribution in [2.24, 2.45) is 0 Å². The Morgan fingerprint density at radius 3 is 2.50 bits per heavy atom. The van der Waals surface area contributed by atoms with Crippen molar-refractivity contribution in [2.75, 3.05) is 10.7 Å². The third kappa shape index (κ3) is 4.30. The maximum Gasteiger partial charge on any atom is 0.237 e. The molecule has 0 fully saturated rings. The second kappa shape index (κ2) is 8.82. The summed E-state index contributed by atoms with van der Waals surface area (Å²) in [5.74, 6) is 0.735. The first kappa shape index (κ1) is 22.1. The van der Waals surface area contributed by atoms with E-state index in [1.54, 1.807) is 20.1 Å². The summed E-state index contributed by atoms with van der Waals surface area (Å²) in [5, 5.41) is 3.66. The lowest BCUT2D eigenvalue weighted by atomic mass is 9.95. The number of hydrogen-bond donors (Lipinski definition) is 0. The lowest BCUT2D eigenvalue weighted by Gasteiger charge is -2.23. The molecule has 0 bridgehead atoms. The van der Waals surface area contributed by atoms with Crippen LogP contribution in [-0.4, -0.2) is 24.6 Å². The van der Waals surface area contributed by atoms with Gasteiger partial charge < -0.3 is 9.26 Å². The molecule has 32 heavy (non-hydrogen) atoms. The van der Waals surface area contributed by atoms with Gasteiger partial charge in [-0.1, -0.05) is 47.6 Å². The van der Waals surface area contributed by atoms with Crippen LogP contribution in [0, 0.1) is 13.8 Å². The molecule has 0 N–H and O–H groups in total. The van der Waals surface area contributed by atoms with Gasteiger partial charge in [-0.2, -0.15) is 0 Å². The zero-order chi connectivity index (χ0) is 22.9. The lowest BCUT2D eigenvalue weighted by Crippen LogP contribution is -2.21. The van der Waals surface area contributed by atoms with Crippen LogP contribution in [0.3, 0.4) is 0 Å². The van der Waals surface area contributed by atoms with Gasteiger partial charge in [0.15, 0.2) is 9.84 Å². The molecule has 0 spiro atoms. The van der Waals surface area contributed by atoms with Gasteiger partial charge in [-0.25, -0.2) is 8.42 Å². The minimum Gasteiger partial charge on any atom is -0.472 e.